The topological polar surface area (TPSA) is 40.7 Å². The van der Waals surface area contributed by atoms with Crippen molar-refractivity contribution in [1.29, 1.82) is 0 Å². The van der Waals surface area contributed by atoms with Crippen molar-refractivity contribution in [2.75, 3.05) is 6.54 Å². The van der Waals surface area contributed by atoms with Gasteiger partial charge in [-0.15, -0.1) is 0 Å². The number of hydrogen-bond acceptors (Lipinski definition) is 2. The van der Waals surface area contributed by atoms with Crippen LogP contribution in [0.25, 0.3) is 0 Å². The van der Waals surface area contributed by atoms with Crippen molar-refractivity contribution >= 4 is 0 Å². The number of benzene rings is 1. The molecule has 2 rings (SSSR count). The number of H-pyrrole nitrogens is 1. The van der Waals surface area contributed by atoms with Crippen LogP contribution in [0.5, 0.6) is 0 Å². The molecule has 21 heavy (non-hydrogen) atoms. The molecular formula is C14H15F4N3. The predicted molar refractivity (Wildman–Crippen MR) is 70.0 cm³/mol. The van der Waals surface area contributed by atoms with E-state index in [1.807, 2.05) is 0 Å². The molecule has 0 radical (unpaired) electrons. The number of hydrogen-bond donors (Lipinski definition) is 2. The molecule has 0 aliphatic carbocycles. The molecule has 0 bridgehead atoms. The number of nitrogens with zero attached hydrogens (tertiary/aromatic N) is 1. The van der Waals surface area contributed by atoms with Gasteiger partial charge < -0.3 is 10.3 Å². The maximum atomic E-state index is 13.1. The van der Waals surface area contributed by atoms with Crippen LogP contribution in [0.1, 0.15) is 23.4 Å². The highest BCUT2D eigenvalue weighted by Crippen LogP contribution is 2.31. The van der Waals surface area contributed by atoms with Crippen molar-refractivity contribution in [3.8, 4) is 0 Å². The van der Waals surface area contributed by atoms with E-state index in [2.05, 4.69) is 15.3 Å². The summed E-state index contributed by atoms with van der Waals surface area (Å²) < 4.78 is 50.8. The van der Waals surface area contributed by atoms with Gasteiger partial charge in [-0.05, 0) is 30.7 Å². The third-order valence-electron chi connectivity index (χ3n) is 2.99. The van der Waals surface area contributed by atoms with Crippen LogP contribution in [0.3, 0.4) is 0 Å². The van der Waals surface area contributed by atoms with E-state index in [0.29, 0.717) is 12.1 Å². The van der Waals surface area contributed by atoms with Crippen molar-refractivity contribution in [2.24, 2.45) is 0 Å². The molecule has 0 aliphatic heterocycles. The van der Waals surface area contributed by atoms with Gasteiger partial charge in [-0.3, -0.25) is 0 Å². The van der Waals surface area contributed by atoms with Gasteiger partial charge in [-0.25, -0.2) is 9.37 Å². The van der Waals surface area contributed by atoms with Crippen LogP contribution in [0.2, 0.25) is 0 Å². The fourth-order valence-corrected chi connectivity index (χ4v) is 1.95. The number of alkyl halides is 3. The molecule has 2 aromatic rings. The number of rotatable bonds is 6. The Balaban J connectivity index is 1.80. The van der Waals surface area contributed by atoms with Gasteiger partial charge in [-0.1, -0.05) is 6.07 Å². The van der Waals surface area contributed by atoms with E-state index in [9.17, 15) is 17.6 Å². The van der Waals surface area contributed by atoms with Crippen molar-refractivity contribution in [3.05, 3.63) is 53.4 Å². The van der Waals surface area contributed by atoms with Crippen molar-refractivity contribution in [2.45, 2.75) is 25.6 Å². The van der Waals surface area contributed by atoms with E-state index in [4.69, 9.17) is 0 Å². The SMILES string of the molecule is Fc1ccc(CNCCCc2ncc[nH]2)cc1C(F)(F)F. The lowest BCUT2D eigenvalue weighted by Crippen LogP contribution is -2.16. The average Bonchev–Trinajstić information content (AvgIpc) is 2.92. The number of aryl methyl sites for hydroxylation is 1. The zero-order valence-electron chi connectivity index (χ0n) is 11.2. The first-order valence-electron chi connectivity index (χ1n) is 6.51. The van der Waals surface area contributed by atoms with Crippen molar-refractivity contribution in [3.63, 3.8) is 0 Å². The van der Waals surface area contributed by atoms with Gasteiger partial charge in [0.1, 0.15) is 11.6 Å². The predicted octanol–water partition coefficient (Wildman–Crippen LogP) is 3.29. The number of nitrogens with one attached hydrogen (secondary N) is 2. The highest BCUT2D eigenvalue weighted by Gasteiger charge is 2.34. The second-order valence-electron chi connectivity index (χ2n) is 4.63. The van der Waals surface area contributed by atoms with E-state index in [1.165, 1.54) is 6.07 Å². The maximum absolute atomic E-state index is 13.1. The Bertz CT molecular complexity index is 564. The molecule has 3 nitrogen and oxygen atoms in total. The molecule has 1 aromatic heterocycles. The molecule has 0 unspecified atom stereocenters. The van der Waals surface area contributed by atoms with Gasteiger partial charge in [0, 0.05) is 25.4 Å². The molecule has 0 amide bonds. The Hall–Kier alpha value is -1.89. The third-order valence-corrected chi connectivity index (χ3v) is 2.99. The van der Waals surface area contributed by atoms with Gasteiger partial charge >= 0.3 is 6.18 Å². The molecule has 0 aliphatic rings. The Labute approximate surface area is 119 Å². The first-order valence-corrected chi connectivity index (χ1v) is 6.51. The second kappa shape index (κ2) is 6.71. The zero-order chi connectivity index (χ0) is 15.3. The summed E-state index contributed by atoms with van der Waals surface area (Å²) in [6.07, 6.45) is 0.303. The Morgan fingerprint density at radius 1 is 1.24 bits per heavy atom. The van der Waals surface area contributed by atoms with E-state index in [0.717, 1.165) is 30.8 Å². The Morgan fingerprint density at radius 2 is 2.05 bits per heavy atom. The zero-order valence-corrected chi connectivity index (χ0v) is 11.2. The van der Waals surface area contributed by atoms with Gasteiger partial charge in [0.25, 0.3) is 0 Å². The van der Waals surface area contributed by atoms with E-state index >= 15 is 0 Å². The molecule has 0 fully saturated rings. The first kappa shape index (κ1) is 15.5. The lowest BCUT2D eigenvalue weighted by molar-refractivity contribution is -0.140. The lowest BCUT2D eigenvalue weighted by atomic mass is 10.1. The minimum Gasteiger partial charge on any atom is -0.349 e. The maximum Gasteiger partial charge on any atom is 0.419 e. The Kier molecular flexibility index (Phi) is 4.95. The van der Waals surface area contributed by atoms with E-state index in [-0.39, 0.29) is 6.54 Å². The lowest BCUT2D eigenvalue weighted by Gasteiger charge is -2.10. The third kappa shape index (κ3) is 4.56. The van der Waals surface area contributed by atoms with Gasteiger partial charge in [0.05, 0.1) is 5.56 Å². The van der Waals surface area contributed by atoms with Crippen LogP contribution in [0.4, 0.5) is 17.6 Å². The monoisotopic (exact) mass is 301 g/mol. The summed E-state index contributed by atoms with van der Waals surface area (Å²) in [5, 5.41) is 3.03. The molecule has 0 saturated carbocycles. The van der Waals surface area contributed by atoms with Gasteiger partial charge in [0.2, 0.25) is 0 Å². The van der Waals surface area contributed by atoms with Crippen LogP contribution in [-0.4, -0.2) is 16.5 Å². The molecule has 0 spiro atoms. The summed E-state index contributed by atoms with van der Waals surface area (Å²) in [4.78, 5) is 7.04. The van der Waals surface area contributed by atoms with Gasteiger partial charge in [0.15, 0.2) is 0 Å². The van der Waals surface area contributed by atoms with Crippen LogP contribution >= 0.6 is 0 Å². The Morgan fingerprint density at radius 3 is 2.71 bits per heavy atom. The minimum atomic E-state index is -4.67. The van der Waals surface area contributed by atoms with Crippen LogP contribution in [0, 0.1) is 5.82 Å². The standard InChI is InChI=1S/C14H15F4N3/c15-12-4-3-10(8-11(12)14(16,17)18)9-19-5-1-2-13-20-6-7-21-13/h3-4,6-8,19H,1-2,5,9H2,(H,20,21). The molecule has 7 heteroatoms. The minimum absolute atomic E-state index is 0.265. The van der Waals surface area contributed by atoms with Crippen molar-refractivity contribution < 1.29 is 17.6 Å². The van der Waals surface area contributed by atoms with E-state index < -0.39 is 17.6 Å². The van der Waals surface area contributed by atoms with E-state index in [1.54, 1.807) is 12.4 Å². The summed E-state index contributed by atoms with van der Waals surface area (Å²) in [6, 6.07) is 3.04. The average molecular weight is 301 g/mol. The van der Waals surface area contributed by atoms with Crippen molar-refractivity contribution in [1.82, 2.24) is 15.3 Å². The molecule has 0 saturated heterocycles. The fraction of sp³-hybridized carbons (Fsp3) is 0.357. The van der Waals surface area contributed by atoms with Crippen LogP contribution in [0.15, 0.2) is 30.6 Å². The molecule has 0 atom stereocenters. The quantitative estimate of drug-likeness (QED) is 0.635. The number of aromatic nitrogens is 2. The summed E-state index contributed by atoms with van der Waals surface area (Å²) >= 11 is 0. The highest BCUT2D eigenvalue weighted by atomic mass is 19.4. The summed E-state index contributed by atoms with van der Waals surface area (Å²) in [6.45, 7) is 0.904. The van der Waals surface area contributed by atoms with Crippen LogP contribution in [-0.2, 0) is 19.1 Å². The second-order valence-corrected chi connectivity index (χ2v) is 4.63. The summed E-state index contributed by atoms with van der Waals surface area (Å²) in [5.41, 5.74) is -0.820. The fourth-order valence-electron chi connectivity index (χ4n) is 1.95. The van der Waals surface area contributed by atoms with Crippen LogP contribution < -0.4 is 5.32 Å². The number of imidazole rings is 1. The molecule has 2 N–H and O–H groups in total. The highest BCUT2D eigenvalue weighted by molar-refractivity contribution is 5.27. The first-order chi connectivity index (χ1) is 9.97. The number of aromatic amines is 1. The summed E-state index contributed by atoms with van der Waals surface area (Å²) in [5.74, 6) is -0.373. The number of halogens is 4. The molecule has 114 valence electrons. The smallest absolute Gasteiger partial charge is 0.349 e. The molecular weight excluding hydrogens is 286 g/mol. The molecule has 1 aromatic carbocycles. The molecule has 1 heterocycles. The van der Waals surface area contributed by atoms with Gasteiger partial charge in [-0.2, -0.15) is 13.2 Å². The normalized spacial score (nSPS) is 11.8. The summed E-state index contributed by atoms with van der Waals surface area (Å²) in [7, 11) is 0. The largest absolute Gasteiger partial charge is 0.419 e.